The van der Waals surface area contributed by atoms with E-state index in [0.29, 0.717) is 11.8 Å². The molecule has 1 aromatic carbocycles. The van der Waals surface area contributed by atoms with E-state index in [9.17, 15) is 10.1 Å². The first-order chi connectivity index (χ1) is 10.6. The van der Waals surface area contributed by atoms with Crippen LogP contribution in [0.5, 0.6) is 5.75 Å². The van der Waals surface area contributed by atoms with Crippen molar-refractivity contribution in [2.45, 2.75) is 58.8 Å². The number of hydrogen-bond donors (Lipinski definition) is 0. The van der Waals surface area contributed by atoms with Crippen molar-refractivity contribution in [3.05, 3.63) is 33.9 Å². The van der Waals surface area contributed by atoms with Gasteiger partial charge in [-0.3, -0.25) is 10.1 Å². The molecule has 1 fully saturated rings. The van der Waals surface area contributed by atoms with Gasteiger partial charge in [0.2, 0.25) is 0 Å². The minimum absolute atomic E-state index is 0.0408. The topological polar surface area (TPSA) is 52.4 Å². The van der Waals surface area contributed by atoms with E-state index in [0.717, 1.165) is 37.2 Å². The molecule has 4 nitrogen and oxygen atoms in total. The number of unbranched alkanes of at least 4 members (excludes halogenated alkanes) is 1. The number of nitrogens with zero attached hydrogens (tertiary/aromatic N) is 1. The zero-order chi connectivity index (χ0) is 15.9. The van der Waals surface area contributed by atoms with Crippen LogP contribution in [0.3, 0.4) is 0 Å². The van der Waals surface area contributed by atoms with Gasteiger partial charge in [0.25, 0.3) is 5.69 Å². The van der Waals surface area contributed by atoms with Gasteiger partial charge in [-0.25, -0.2) is 0 Å². The normalized spacial score (nSPS) is 15.5. The van der Waals surface area contributed by atoms with Gasteiger partial charge in [0.1, 0.15) is 5.75 Å². The Morgan fingerprint density at radius 3 is 2.77 bits per heavy atom. The molecule has 1 aliphatic rings. The Morgan fingerprint density at radius 1 is 1.41 bits per heavy atom. The summed E-state index contributed by atoms with van der Waals surface area (Å²) in [5.74, 6) is 2.00. The summed E-state index contributed by atoms with van der Waals surface area (Å²) < 4.78 is 5.89. The number of rotatable bonds is 10. The molecule has 0 heterocycles. The SMILES string of the molecule is CCCCC(CC)Cc1[c]c([N+](=O)[O-])ccc1OCC1CC1. The van der Waals surface area contributed by atoms with Gasteiger partial charge in [0.15, 0.2) is 0 Å². The van der Waals surface area contributed by atoms with E-state index in [-0.39, 0.29) is 10.6 Å². The molecule has 4 heteroatoms. The van der Waals surface area contributed by atoms with Crippen molar-refractivity contribution in [1.29, 1.82) is 0 Å². The van der Waals surface area contributed by atoms with Crippen LogP contribution in [0.4, 0.5) is 5.69 Å². The Morgan fingerprint density at radius 2 is 2.18 bits per heavy atom. The van der Waals surface area contributed by atoms with E-state index < -0.39 is 0 Å². The molecule has 0 N–H and O–H groups in total. The van der Waals surface area contributed by atoms with Crippen LogP contribution in [0.1, 0.15) is 57.9 Å². The summed E-state index contributed by atoms with van der Waals surface area (Å²) in [6.07, 6.45) is 7.91. The number of benzene rings is 1. The highest BCUT2D eigenvalue weighted by atomic mass is 16.6. The van der Waals surface area contributed by atoms with Gasteiger partial charge in [0, 0.05) is 11.6 Å². The molecule has 0 bridgehead atoms. The summed E-state index contributed by atoms with van der Waals surface area (Å²) in [6, 6.07) is 6.22. The molecule has 0 saturated heterocycles. The molecule has 1 unspecified atom stereocenters. The third kappa shape index (κ3) is 5.00. The highest BCUT2D eigenvalue weighted by Crippen LogP contribution is 2.32. The fraction of sp³-hybridized carbons (Fsp3) is 0.667. The van der Waals surface area contributed by atoms with E-state index in [2.05, 4.69) is 19.9 Å². The quantitative estimate of drug-likeness (QED) is 0.454. The second kappa shape index (κ2) is 8.16. The summed E-state index contributed by atoms with van der Waals surface area (Å²) in [4.78, 5) is 10.6. The van der Waals surface area contributed by atoms with Crippen molar-refractivity contribution >= 4 is 5.69 Å². The maximum absolute atomic E-state index is 11.0. The minimum Gasteiger partial charge on any atom is -0.493 e. The first-order valence-electron chi connectivity index (χ1n) is 8.46. The Balaban J connectivity index is 2.11. The predicted octanol–water partition coefficient (Wildman–Crippen LogP) is 4.94. The summed E-state index contributed by atoms with van der Waals surface area (Å²) >= 11 is 0. The lowest BCUT2D eigenvalue weighted by molar-refractivity contribution is -0.385. The number of non-ortho nitro benzene ring substituents is 1. The van der Waals surface area contributed by atoms with Crippen LogP contribution < -0.4 is 4.74 Å². The van der Waals surface area contributed by atoms with Crippen molar-refractivity contribution in [3.8, 4) is 5.75 Å². The average molecular weight is 304 g/mol. The molecule has 1 aromatic rings. The molecule has 1 saturated carbocycles. The molecule has 121 valence electrons. The van der Waals surface area contributed by atoms with Crippen molar-refractivity contribution in [3.63, 3.8) is 0 Å². The minimum atomic E-state index is -0.374. The monoisotopic (exact) mass is 304 g/mol. The lowest BCUT2D eigenvalue weighted by Gasteiger charge is -2.17. The fourth-order valence-corrected chi connectivity index (χ4v) is 2.63. The van der Waals surface area contributed by atoms with Crippen molar-refractivity contribution in [1.82, 2.24) is 0 Å². The number of ether oxygens (including phenoxy) is 1. The zero-order valence-electron chi connectivity index (χ0n) is 13.6. The van der Waals surface area contributed by atoms with Gasteiger partial charge < -0.3 is 4.74 Å². The second-order valence-electron chi connectivity index (χ2n) is 6.32. The van der Waals surface area contributed by atoms with E-state index in [1.165, 1.54) is 31.7 Å². The number of nitro benzene ring substituents is 1. The molecule has 0 aromatic heterocycles. The third-order valence-electron chi connectivity index (χ3n) is 4.37. The van der Waals surface area contributed by atoms with Gasteiger partial charge in [-0.1, -0.05) is 39.5 Å². The average Bonchev–Trinajstić information content (AvgIpc) is 3.34. The van der Waals surface area contributed by atoms with Gasteiger partial charge in [-0.05, 0) is 37.2 Å². The zero-order valence-corrected chi connectivity index (χ0v) is 13.6. The van der Waals surface area contributed by atoms with Crippen molar-refractivity contribution in [2.24, 2.45) is 11.8 Å². The third-order valence-corrected chi connectivity index (χ3v) is 4.37. The largest absolute Gasteiger partial charge is 0.493 e. The maximum Gasteiger partial charge on any atom is 0.278 e. The van der Waals surface area contributed by atoms with Gasteiger partial charge in [-0.15, -0.1) is 0 Å². The number of nitro groups is 1. The van der Waals surface area contributed by atoms with E-state index in [1.54, 1.807) is 6.07 Å². The van der Waals surface area contributed by atoms with E-state index in [1.807, 2.05) is 0 Å². The molecular weight excluding hydrogens is 278 g/mol. The molecule has 1 aliphatic carbocycles. The molecular formula is C18H26NO3. The van der Waals surface area contributed by atoms with Crippen LogP contribution in [-0.4, -0.2) is 11.5 Å². The van der Waals surface area contributed by atoms with Crippen molar-refractivity contribution < 1.29 is 9.66 Å². The Hall–Kier alpha value is -1.58. The van der Waals surface area contributed by atoms with Crippen LogP contribution in [0.15, 0.2) is 12.1 Å². The Kier molecular flexibility index (Phi) is 6.22. The summed E-state index contributed by atoms with van der Waals surface area (Å²) in [5, 5.41) is 11.0. The van der Waals surface area contributed by atoms with E-state index in [4.69, 9.17) is 4.74 Å². The van der Waals surface area contributed by atoms with Crippen LogP contribution in [0.25, 0.3) is 0 Å². The van der Waals surface area contributed by atoms with Crippen LogP contribution in [-0.2, 0) is 6.42 Å². The smallest absolute Gasteiger partial charge is 0.278 e. The highest BCUT2D eigenvalue weighted by Gasteiger charge is 2.23. The lowest BCUT2D eigenvalue weighted by atomic mass is 9.91. The first-order valence-corrected chi connectivity index (χ1v) is 8.46. The summed E-state index contributed by atoms with van der Waals surface area (Å²) in [7, 11) is 0. The maximum atomic E-state index is 11.0. The van der Waals surface area contributed by atoms with Crippen LogP contribution in [0.2, 0.25) is 0 Å². The molecule has 2 rings (SSSR count). The Labute approximate surface area is 133 Å². The molecule has 0 spiro atoms. The standard InChI is InChI=1S/C18H26NO3/c1-3-5-6-14(4-2)11-16-12-17(19(20)21)9-10-18(16)22-13-15-7-8-15/h9-10,14-15H,3-8,11,13H2,1-2H3. The summed E-state index contributed by atoms with van der Waals surface area (Å²) in [5.41, 5.74) is 0.914. The number of hydrogen-bond acceptors (Lipinski definition) is 3. The van der Waals surface area contributed by atoms with Crippen LogP contribution in [0, 0.1) is 28.0 Å². The summed E-state index contributed by atoms with van der Waals surface area (Å²) in [6.45, 7) is 5.10. The highest BCUT2D eigenvalue weighted by molar-refractivity contribution is 5.42. The Bertz CT molecular complexity index is 497. The molecule has 22 heavy (non-hydrogen) atoms. The molecule has 0 amide bonds. The first kappa shape index (κ1) is 16.8. The molecule has 0 aliphatic heterocycles. The predicted molar refractivity (Wildman–Crippen MR) is 87.2 cm³/mol. The molecule has 1 atom stereocenters. The second-order valence-corrected chi connectivity index (χ2v) is 6.32. The van der Waals surface area contributed by atoms with Crippen LogP contribution >= 0.6 is 0 Å². The lowest BCUT2D eigenvalue weighted by Crippen LogP contribution is -2.08. The van der Waals surface area contributed by atoms with E-state index >= 15 is 0 Å². The van der Waals surface area contributed by atoms with Gasteiger partial charge in [-0.2, -0.15) is 0 Å². The van der Waals surface area contributed by atoms with Gasteiger partial charge >= 0.3 is 0 Å². The fourth-order valence-electron chi connectivity index (χ4n) is 2.63. The van der Waals surface area contributed by atoms with Gasteiger partial charge in [0.05, 0.1) is 17.6 Å². The van der Waals surface area contributed by atoms with Crippen molar-refractivity contribution in [2.75, 3.05) is 6.61 Å². The molecule has 1 radical (unpaired) electrons.